The molecule has 0 fully saturated rings. The van der Waals surface area contributed by atoms with Crippen LogP contribution in [0.15, 0.2) is 58.8 Å². The van der Waals surface area contributed by atoms with Gasteiger partial charge in [-0.2, -0.15) is 0 Å². The van der Waals surface area contributed by atoms with Crippen LogP contribution >= 0.6 is 15.9 Å². The maximum absolute atomic E-state index is 13.8. The van der Waals surface area contributed by atoms with E-state index in [2.05, 4.69) is 15.9 Å². The van der Waals surface area contributed by atoms with Crippen molar-refractivity contribution < 1.29 is 23.7 Å². The van der Waals surface area contributed by atoms with Crippen LogP contribution in [0.2, 0.25) is 0 Å². The Balaban J connectivity index is 2.04. The SMILES string of the molecule is CO/C(=C\CO)C(C)Oc1ccc(Oc2ccc(Br)cc2F)cc1. The molecule has 1 N–H and O–H groups in total. The number of aliphatic hydroxyl groups excluding tert-OH is 1. The summed E-state index contributed by atoms with van der Waals surface area (Å²) < 4.78 is 30.8. The molecule has 2 aromatic rings. The smallest absolute Gasteiger partial charge is 0.166 e. The summed E-state index contributed by atoms with van der Waals surface area (Å²) in [7, 11) is 1.52. The largest absolute Gasteiger partial charge is 0.497 e. The molecule has 128 valence electrons. The highest BCUT2D eigenvalue weighted by Gasteiger charge is 2.11. The van der Waals surface area contributed by atoms with Crippen LogP contribution in [0.4, 0.5) is 4.39 Å². The van der Waals surface area contributed by atoms with E-state index >= 15 is 0 Å². The molecule has 1 unspecified atom stereocenters. The predicted molar refractivity (Wildman–Crippen MR) is 92.9 cm³/mol. The zero-order valence-electron chi connectivity index (χ0n) is 13.3. The van der Waals surface area contributed by atoms with E-state index in [1.54, 1.807) is 42.5 Å². The molecule has 6 heteroatoms. The third kappa shape index (κ3) is 4.97. The Labute approximate surface area is 148 Å². The van der Waals surface area contributed by atoms with E-state index in [4.69, 9.17) is 19.3 Å². The lowest BCUT2D eigenvalue weighted by Crippen LogP contribution is -2.16. The second-order valence-corrected chi connectivity index (χ2v) is 5.82. The normalized spacial score (nSPS) is 12.6. The molecule has 4 nitrogen and oxygen atoms in total. The summed E-state index contributed by atoms with van der Waals surface area (Å²) in [6.45, 7) is 1.69. The Morgan fingerprint density at radius 2 is 1.88 bits per heavy atom. The highest BCUT2D eigenvalue weighted by Crippen LogP contribution is 2.28. The Bertz CT molecular complexity index is 701. The quantitative estimate of drug-likeness (QED) is 0.690. The molecule has 2 rings (SSSR count). The molecule has 0 amide bonds. The fourth-order valence-electron chi connectivity index (χ4n) is 2.04. The van der Waals surface area contributed by atoms with Gasteiger partial charge in [0.15, 0.2) is 17.7 Å². The van der Waals surface area contributed by atoms with Crippen LogP contribution in [-0.2, 0) is 4.74 Å². The molecule has 0 bridgehead atoms. The van der Waals surface area contributed by atoms with Crippen molar-refractivity contribution in [3.05, 3.63) is 64.6 Å². The molecule has 24 heavy (non-hydrogen) atoms. The third-order valence-electron chi connectivity index (χ3n) is 3.19. The van der Waals surface area contributed by atoms with Crippen molar-refractivity contribution in [1.82, 2.24) is 0 Å². The lowest BCUT2D eigenvalue weighted by atomic mass is 10.3. The highest BCUT2D eigenvalue weighted by atomic mass is 79.9. The minimum absolute atomic E-state index is 0.123. The Morgan fingerprint density at radius 3 is 2.46 bits per heavy atom. The van der Waals surface area contributed by atoms with Crippen LogP contribution in [-0.4, -0.2) is 24.9 Å². The van der Waals surface area contributed by atoms with Gasteiger partial charge < -0.3 is 19.3 Å². The topological polar surface area (TPSA) is 47.9 Å². The molecular weight excluding hydrogens is 379 g/mol. The molecule has 0 aliphatic rings. The van der Waals surface area contributed by atoms with E-state index in [0.717, 1.165) is 0 Å². The van der Waals surface area contributed by atoms with Crippen LogP contribution < -0.4 is 9.47 Å². The maximum Gasteiger partial charge on any atom is 0.166 e. The van der Waals surface area contributed by atoms with Gasteiger partial charge in [0.2, 0.25) is 0 Å². The number of rotatable bonds is 7. The van der Waals surface area contributed by atoms with E-state index < -0.39 is 5.82 Å². The zero-order chi connectivity index (χ0) is 17.5. The second-order valence-electron chi connectivity index (χ2n) is 4.90. The number of methoxy groups -OCH3 is 1. The summed E-state index contributed by atoms with van der Waals surface area (Å²) in [6.07, 6.45) is 1.19. The standard InChI is InChI=1S/C18H18BrFO4/c1-12(17(22-2)9-10-21)23-14-4-6-15(7-5-14)24-18-8-3-13(19)11-16(18)20/h3-9,11-12,21H,10H2,1-2H3/b17-9-. The van der Waals surface area contributed by atoms with Crippen LogP contribution in [0.25, 0.3) is 0 Å². The molecule has 0 aliphatic heterocycles. The molecule has 0 heterocycles. The minimum atomic E-state index is -0.447. The summed E-state index contributed by atoms with van der Waals surface area (Å²) in [5, 5.41) is 8.94. The molecule has 0 spiro atoms. The van der Waals surface area contributed by atoms with Crippen molar-refractivity contribution in [1.29, 1.82) is 0 Å². The van der Waals surface area contributed by atoms with Gasteiger partial charge in [-0.15, -0.1) is 0 Å². The lowest BCUT2D eigenvalue weighted by Gasteiger charge is -2.17. The number of hydrogen-bond donors (Lipinski definition) is 1. The summed E-state index contributed by atoms with van der Waals surface area (Å²) >= 11 is 3.20. The number of aliphatic hydroxyl groups is 1. The van der Waals surface area contributed by atoms with Crippen LogP contribution in [0.1, 0.15) is 6.92 Å². The zero-order valence-corrected chi connectivity index (χ0v) is 14.9. The van der Waals surface area contributed by atoms with Crippen molar-refractivity contribution in [3.8, 4) is 17.2 Å². The van der Waals surface area contributed by atoms with E-state index in [-0.39, 0.29) is 18.5 Å². The fourth-order valence-corrected chi connectivity index (χ4v) is 2.37. The lowest BCUT2D eigenvalue weighted by molar-refractivity contribution is 0.156. The van der Waals surface area contributed by atoms with Crippen molar-refractivity contribution >= 4 is 15.9 Å². The van der Waals surface area contributed by atoms with Crippen molar-refractivity contribution in [3.63, 3.8) is 0 Å². The van der Waals surface area contributed by atoms with Crippen molar-refractivity contribution in [2.75, 3.05) is 13.7 Å². The van der Waals surface area contributed by atoms with E-state index in [0.29, 0.717) is 21.7 Å². The van der Waals surface area contributed by atoms with E-state index in [1.807, 2.05) is 6.92 Å². The average molecular weight is 397 g/mol. The minimum Gasteiger partial charge on any atom is -0.497 e. The van der Waals surface area contributed by atoms with Crippen molar-refractivity contribution in [2.45, 2.75) is 13.0 Å². The van der Waals surface area contributed by atoms with Gasteiger partial charge in [0, 0.05) is 4.47 Å². The first-order chi connectivity index (χ1) is 11.5. The summed E-state index contributed by atoms with van der Waals surface area (Å²) in [5.74, 6) is 1.33. The average Bonchev–Trinajstić information content (AvgIpc) is 2.56. The molecule has 2 aromatic carbocycles. The third-order valence-corrected chi connectivity index (χ3v) is 3.68. The highest BCUT2D eigenvalue weighted by molar-refractivity contribution is 9.10. The number of ether oxygens (including phenoxy) is 3. The first kappa shape index (κ1) is 18.3. The van der Waals surface area contributed by atoms with Gasteiger partial charge in [0.1, 0.15) is 17.3 Å². The number of benzene rings is 2. The van der Waals surface area contributed by atoms with Gasteiger partial charge in [0.25, 0.3) is 0 Å². The van der Waals surface area contributed by atoms with E-state index in [1.165, 1.54) is 13.2 Å². The van der Waals surface area contributed by atoms with E-state index in [9.17, 15) is 4.39 Å². The number of hydrogen-bond acceptors (Lipinski definition) is 4. The van der Waals surface area contributed by atoms with Gasteiger partial charge in [-0.05, 0) is 55.5 Å². The van der Waals surface area contributed by atoms with Crippen LogP contribution in [0, 0.1) is 5.82 Å². The maximum atomic E-state index is 13.8. The summed E-state index contributed by atoms with van der Waals surface area (Å²) in [5.41, 5.74) is 0. The first-order valence-corrected chi connectivity index (χ1v) is 8.07. The Kier molecular flexibility index (Phi) is 6.63. The van der Waals surface area contributed by atoms with Gasteiger partial charge >= 0.3 is 0 Å². The molecule has 0 saturated carbocycles. The number of halogens is 2. The Morgan fingerprint density at radius 1 is 1.21 bits per heavy atom. The predicted octanol–water partition coefficient (Wildman–Crippen LogP) is 4.67. The molecule has 1 atom stereocenters. The summed E-state index contributed by atoms with van der Waals surface area (Å²) in [4.78, 5) is 0. The molecule has 0 aliphatic carbocycles. The van der Waals surface area contributed by atoms with Crippen LogP contribution in [0.5, 0.6) is 17.2 Å². The second kappa shape index (κ2) is 8.70. The van der Waals surface area contributed by atoms with Gasteiger partial charge in [0.05, 0.1) is 13.7 Å². The molecule has 0 aromatic heterocycles. The summed E-state index contributed by atoms with van der Waals surface area (Å²) in [6, 6.07) is 11.4. The molecule has 0 saturated heterocycles. The van der Waals surface area contributed by atoms with Crippen LogP contribution in [0.3, 0.4) is 0 Å². The van der Waals surface area contributed by atoms with Crippen molar-refractivity contribution in [2.24, 2.45) is 0 Å². The fraction of sp³-hybridized carbons (Fsp3) is 0.222. The Hall–Kier alpha value is -2.05. The first-order valence-electron chi connectivity index (χ1n) is 7.28. The molecule has 0 radical (unpaired) electrons. The van der Waals surface area contributed by atoms with Gasteiger partial charge in [-0.1, -0.05) is 15.9 Å². The monoisotopic (exact) mass is 396 g/mol. The molecular formula is C18H18BrFO4. The van der Waals surface area contributed by atoms with Gasteiger partial charge in [-0.25, -0.2) is 4.39 Å². The van der Waals surface area contributed by atoms with Gasteiger partial charge in [-0.3, -0.25) is 0 Å².